The van der Waals surface area contributed by atoms with E-state index in [0.717, 1.165) is 25.7 Å². The van der Waals surface area contributed by atoms with Crippen molar-refractivity contribution in [1.82, 2.24) is 14.7 Å². The van der Waals surface area contributed by atoms with Crippen LogP contribution in [0.1, 0.15) is 55.6 Å². The lowest BCUT2D eigenvalue weighted by molar-refractivity contribution is 0.0945. The number of carbonyl (C=O) groups is 1. The minimum absolute atomic E-state index is 0.0177. The zero-order valence-corrected chi connectivity index (χ0v) is 21.6. The SMILES string of the molecule is CCCCC(CC)CNC(=O)c1ccc(S(=O)(=O)Nc2c(C)n(C)n(-c3ccccc3)c2=O)cc1. The number of hydrogen-bond acceptors (Lipinski definition) is 4. The zero-order chi connectivity index (χ0) is 25.6. The molecule has 0 saturated carbocycles. The molecule has 0 aliphatic heterocycles. The van der Waals surface area contributed by atoms with Crippen molar-refractivity contribution in [3.63, 3.8) is 0 Å². The Kier molecular flexibility index (Phi) is 8.56. The average molecular weight is 499 g/mol. The number of aromatic nitrogens is 2. The average Bonchev–Trinajstić information content (AvgIpc) is 3.07. The predicted molar refractivity (Wildman–Crippen MR) is 139 cm³/mol. The molecule has 0 radical (unpaired) electrons. The molecule has 2 N–H and O–H groups in total. The van der Waals surface area contributed by atoms with Crippen molar-refractivity contribution >= 4 is 21.6 Å². The first-order valence-corrected chi connectivity index (χ1v) is 13.4. The maximum atomic E-state index is 13.0. The van der Waals surface area contributed by atoms with Crippen LogP contribution < -0.4 is 15.6 Å². The molecule has 188 valence electrons. The van der Waals surface area contributed by atoms with E-state index in [9.17, 15) is 18.0 Å². The van der Waals surface area contributed by atoms with Gasteiger partial charge in [0, 0.05) is 19.2 Å². The lowest BCUT2D eigenvalue weighted by atomic mass is 9.99. The number of rotatable bonds is 11. The van der Waals surface area contributed by atoms with Gasteiger partial charge < -0.3 is 5.32 Å². The van der Waals surface area contributed by atoms with Crippen LogP contribution in [0.15, 0.2) is 64.3 Å². The van der Waals surface area contributed by atoms with Crippen LogP contribution >= 0.6 is 0 Å². The Bertz CT molecular complexity index is 1310. The third kappa shape index (κ3) is 6.03. The van der Waals surface area contributed by atoms with Crippen molar-refractivity contribution in [1.29, 1.82) is 0 Å². The van der Waals surface area contributed by atoms with Crippen molar-refractivity contribution in [2.24, 2.45) is 13.0 Å². The van der Waals surface area contributed by atoms with Gasteiger partial charge in [0.15, 0.2) is 0 Å². The molecule has 8 nitrogen and oxygen atoms in total. The lowest BCUT2D eigenvalue weighted by Gasteiger charge is -2.15. The van der Waals surface area contributed by atoms with Crippen molar-refractivity contribution in [3.8, 4) is 5.69 Å². The number of hydrogen-bond donors (Lipinski definition) is 2. The van der Waals surface area contributed by atoms with Gasteiger partial charge in [-0.15, -0.1) is 0 Å². The Balaban J connectivity index is 1.76. The quantitative estimate of drug-likeness (QED) is 0.413. The van der Waals surface area contributed by atoms with Gasteiger partial charge in [0.05, 0.1) is 16.3 Å². The van der Waals surface area contributed by atoms with Gasteiger partial charge >= 0.3 is 0 Å². The molecule has 1 atom stereocenters. The molecule has 1 heterocycles. The molecule has 0 aliphatic carbocycles. The van der Waals surface area contributed by atoms with E-state index < -0.39 is 15.6 Å². The number of amides is 1. The summed E-state index contributed by atoms with van der Waals surface area (Å²) in [5.74, 6) is 0.193. The summed E-state index contributed by atoms with van der Waals surface area (Å²) < 4.78 is 31.5. The number of nitrogens with one attached hydrogen (secondary N) is 2. The Hall–Kier alpha value is -3.33. The largest absolute Gasteiger partial charge is 0.352 e. The first kappa shape index (κ1) is 26.3. The summed E-state index contributed by atoms with van der Waals surface area (Å²) in [5, 5.41) is 2.95. The van der Waals surface area contributed by atoms with Gasteiger partial charge in [0.2, 0.25) is 0 Å². The third-order valence-corrected chi connectivity index (χ3v) is 7.68. The van der Waals surface area contributed by atoms with Crippen LogP contribution in [0.3, 0.4) is 0 Å². The molecule has 0 fully saturated rings. The predicted octanol–water partition coefficient (Wildman–Crippen LogP) is 4.23. The normalized spacial score (nSPS) is 12.3. The van der Waals surface area contributed by atoms with Crippen LogP contribution in [-0.4, -0.2) is 30.2 Å². The second kappa shape index (κ2) is 11.4. The lowest BCUT2D eigenvalue weighted by Crippen LogP contribution is -2.29. The third-order valence-electron chi connectivity index (χ3n) is 6.31. The molecule has 0 saturated heterocycles. The van der Waals surface area contributed by atoms with E-state index in [4.69, 9.17) is 0 Å². The fourth-order valence-electron chi connectivity index (χ4n) is 3.95. The fraction of sp³-hybridized carbons (Fsp3) is 0.385. The number of benzene rings is 2. The number of anilines is 1. The molecule has 1 aromatic heterocycles. The summed E-state index contributed by atoms with van der Waals surface area (Å²) in [6.07, 6.45) is 4.32. The number of sulfonamides is 1. The summed E-state index contributed by atoms with van der Waals surface area (Å²) in [6, 6.07) is 14.7. The summed E-state index contributed by atoms with van der Waals surface area (Å²) >= 11 is 0. The summed E-state index contributed by atoms with van der Waals surface area (Å²) in [4.78, 5) is 25.5. The van der Waals surface area contributed by atoms with Crippen LogP contribution in [0.2, 0.25) is 0 Å². The monoisotopic (exact) mass is 498 g/mol. The molecular formula is C26H34N4O4S. The molecular weight excluding hydrogens is 464 g/mol. The molecule has 9 heteroatoms. The van der Waals surface area contributed by atoms with E-state index in [0.29, 0.717) is 29.4 Å². The zero-order valence-electron chi connectivity index (χ0n) is 20.7. The molecule has 3 rings (SSSR count). The molecule has 3 aromatic rings. The first-order valence-electron chi connectivity index (χ1n) is 11.9. The van der Waals surface area contributed by atoms with Gasteiger partial charge in [-0.25, -0.2) is 13.1 Å². The maximum absolute atomic E-state index is 13.0. The first-order chi connectivity index (χ1) is 16.7. The van der Waals surface area contributed by atoms with E-state index in [2.05, 4.69) is 23.9 Å². The van der Waals surface area contributed by atoms with Gasteiger partial charge in [0.1, 0.15) is 5.69 Å². The smallest absolute Gasteiger partial charge is 0.296 e. The maximum Gasteiger partial charge on any atom is 0.296 e. The second-order valence-electron chi connectivity index (χ2n) is 8.69. The summed E-state index contributed by atoms with van der Waals surface area (Å²) in [7, 11) is -2.34. The fourth-order valence-corrected chi connectivity index (χ4v) is 5.06. The Labute approximate surface area is 207 Å². The van der Waals surface area contributed by atoms with E-state index in [1.165, 1.54) is 28.9 Å². The van der Waals surface area contributed by atoms with Gasteiger partial charge in [-0.2, -0.15) is 0 Å². The number of carbonyl (C=O) groups excluding carboxylic acids is 1. The summed E-state index contributed by atoms with van der Waals surface area (Å²) in [5.41, 5.74) is 1.01. The van der Waals surface area contributed by atoms with Gasteiger partial charge in [-0.3, -0.25) is 19.0 Å². The number of unbranched alkanes of at least 4 members (excludes halogenated alkanes) is 1. The van der Waals surface area contributed by atoms with Crippen LogP contribution in [0.25, 0.3) is 5.69 Å². The highest BCUT2D eigenvalue weighted by Crippen LogP contribution is 2.19. The van der Waals surface area contributed by atoms with Crippen LogP contribution in [0, 0.1) is 12.8 Å². The van der Waals surface area contributed by atoms with Gasteiger partial charge in [0.25, 0.3) is 21.5 Å². The number of nitrogens with zero attached hydrogens (tertiary/aromatic N) is 2. The molecule has 1 unspecified atom stereocenters. The van der Waals surface area contributed by atoms with Crippen molar-refractivity contribution in [2.45, 2.75) is 51.3 Å². The number of para-hydroxylation sites is 1. The van der Waals surface area contributed by atoms with Crippen molar-refractivity contribution in [2.75, 3.05) is 11.3 Å². The molecule has 0 bridgehead atoms. The Morgan fingerprint density at radius 1 is 1.03 bits per heavy atom. The summed E-state index contributed by atoms with van der Waals surface area (Å²) in [6.45, 7) is 6.53. The highest BCUT2D eigenvalue weighted by Gasteiger charge is 2.23. The highest BCUT2D eigenvalue weighted by molar-refractivity contribution is 7.92. The minimum Gasteiger partial charge on any atom is -0.352 e. The van der Waals surface area contributed by atoms with E-state index in [-0.39, 0.29) is 16.5 Å². The van der Waals surface area contributed by atoms with Gasteiger partial charge in [-0.1, -0.05) is 51.3 Å². The molecule has 0 spiro atoms. The van der Waals surface area contributed by atoms with E-state index in [1.54, 1.807) is 42.9 Å². The van der Waals surface area contributed by atoms with Gasteiger partial charge in [-0.05, 0) is 55.7 Å². The Morgan fingerprint density at radius 3 is 2.29 bits per heavy atom. The Morgan fingerprint density at radius 2 is 1.69 bits per heavy atom. The topological polar surface area (TPSA) is 102 Å². The van der Waals surface area contributed by atoms with Crippen molar-refractivity contribution < 1.29 is 13.2 Å². The van der Waals surface area contributed by atoms with Crippen LogP contribution in [0.5, 0.6) is 0 Å². The minimum atomic E-state index is -4.03. The standard InChI is InChI=1S/C26H34N4O4S/c1-5-7-11-20(6-2)18-27-25(31)21-14-16-23(17-15-21)35(33,34)28-24-19(3)29(4)30(26(24)32)22-12-9-8-10-13-22/h8-10,12-17,20,28H,5-7,11,18H2,1-4H3,(H,27,31). The van der Waals surface area contributed by atoms with Crippen molar-refractivity contribution in [3.05, 3.63) is 76.2 Å². The van der Waals surface area contributed by atoms with E-state index >= 15 is 0 Å². The van der Waals surface area contributed by atoms with Crippen LogP contribution in [-0.2, 0) is 17.1 Å². The molecule has 1 amide bonds. The van der Waals surface area contributed by atoms with E-state index in [1.807, 2.05) is 6.07 Å². The highest BCUT2D eigenvalue weighted by atomic mass is 32.2. The second-order valence-corrected chi connectivity index (χ2v) is 10.4. The van der Waals surface area contributed by atoms with Crippen LogP contribution in [0.4, 0.5) is 5.69 Å². The molecule has 0 aliphatic rings. The molecule has 2 aromatic carbocycles. The molecule has 35 heavy (non-hydrogen) atoms.